The van der Waals surface area contributed by atoms with E-state index in [9.17, 15) is 13.2 Å². The third-order valence-corrected chi connectivity index (χ3v) is 5.11. The molecule has 0 amide bonds. The van der Waals surface area contributed by atoms with Gasteiger partial charge in [-0.15, -0.1) is 0 Å². The second-order valence-electron chi connectivity index (χ2n) is 5.70. The van der Waals surface area contributed by atoms with Crippen molar-refractivity contribution in [3.05, 3.63) is 77.4 Å². The molecule has 3 rings (SSSR count). The fraction of sp³-hybridized carbons (Fsp3) is 0.105. The summed E-state index contributed by atoms with van der Waals surface area (Å²) in [6.45, 7) is 0. The minimum Gasteiger partial charge on any atom is -0.478 e. The van der Waals surface area contributed by atoms with Gasteiger partial charge in [-0.1, -0.05) is 42.5 Å². The van der Waals surface area contributed by atoms with Crippen molar-refractivity contribution >= 4 is 27.0 Å². The first-order chi connectivity index (χ1) is 11.4. The normalized spacial score (nSPS) is 16.1. The fourth-order valence-electron chi connectivity index (χ4n) is 2.84. The van der Waals surface area contributed by atoms with Gasteiger partial charge >= 0.3 is 5.97 Å². The smallest absolute Gasteiger partial charge is 0.328 e. The van der Waals surface area contributed by atoms with Gasteiger partial charge in [0.15, 0.2) is 9.84 Å². The number of carboxylic acids is 1. The zero-order valence-corrected chi connectivity index (χ0v) is 13.9. The lowest BCUT2D eigenvalue weighted by atomic mass is 9.75. The number of benzene rings is 2. The van der Waals surface area contributed by atoms with E-state index in [-0.39, 0.29) is 4.90 Å². The maximum atomic E-state index is 11.6. The summed E-state index contributed by atoms with van der Waals surface area (Å²) in [5.74, 6) is -0.968. The number of hydrogen-bond donors (Lipinski definition) is 1. The van der Waals surface area contributed by atoms with Crippen LogP contribution in [0.5, 0.6) is 0 Å². The van der Waals surface area contributed by atoms with E-state index in [0.717, 1.165) is 27.8 Å². The molecule has 0 saturated heterocycles. The lowest BCUT2D eigenvalue weighted by molar-refractivity contribution is -0.131. The SMILES string of the molecule is CS(=O)(=O)c1ccc(C2=C(c3ccccc3)C(=CC(=O)O)C2)cc1. The summed E-state index contributed by atoms with van der Waals surface area (Å²) in [6, 6.07) is 16.3. The van der Waals surface area contributed by atoms with Gasteiger partial charge in [0.2, 0.25) is 0 Å². The molecule has 1 N–H and O–H groups in total. The number of sulfone groups is 1. The number of allylic oxidation sites excluding steroid dienone is 3. The van der Waals surface area contributed by atoms with Crippen molar-refractivity contribution in [1.82, 2.24) is 0 Å². The molecule has 0 radical (unpaired) electrons. The van der Waals surface area contributed by atoms with E-state index in [0.29, 0.717) is 6.42 Å². The average molecular weight is 340 g/mol. The minimum absolute atomic E-state index is 0.272. The topological polar surface area (TPSA) is 71.4 Å². The molecule has 4 nitrogen and oxygen atoms in total. The van der Waals surface area contributed by atoms with Crippen LogP contribution in [0.4, 0.5) is 0 Å². The number of carbonyl (C=O) groups is 1. The van der Waals surface area contributed by atoms with Crippen molar-refractivity contribution in [3.63, 3.8) is 0 Å². The lowest BCUT2D eigenvalue weighted by Gasteiger charge is -2.28. The predicted octanol–water partition coefficient (Wildman–Crippen LogP) is 3.42. The zero-order valence-electron chi connectivity index (χ0n) is 13.1. The maximum absolute atomic E-state index is 11.6. The molecular formula is C19H16O4S. The Kier molecular flexibility index (Phi) is 4.11. The van der Waals surface area contributed by atoms with Crippen molar-refractivity contribution in [3.8, 4) is 0 Å². The summed E-state index contributed by atoms with van der Waals surface area (Å²) in [7, 11) is -3.23. The molecule has 122 valence electrons. The predicted molar refractivity (Wildman–Crippen MR) is 93.1 cm³/mol. The molecule has 24 heavy (non-hydrogen) atoms. The second-order valence-corrected chi connectivity index (χ2v) is 7.72. The standard InChI is InChI=1S/C19H16O4S/c1-24(22,23)16-9-7-13(8-10-16)17-11-15(12-18(20)21)19(17)14-5-3-2-4-6-14/h2-10,12H,11H2,1H3,(H,20,21). The van der Waals surface area contributed by atoms with Crippen LogP contribution in [0.15, 0.2) is 71.1 Å². The first-order valence-corrected chi connectivity index (χ1v) is 9.28. The van der Waals surface area contributed by atoms with Crippen LogP contribution in [0.2, 0.25) is 0 Å². The number of aliphatic carboxylic acids is 1. The highest BCUT2D eigenvalue weighted by molar-refractivity contribution is 7.90. The maximum Gasteiger partial charge on any atom is 0.328 e. The molecule has 0 fully saturated rings. The Labute approximate surface area is 140 Å². The minimum atomic E-state index is -3.23. The van der Waals surface area contributed by atoms with Gasteiger partial charge in [-0.05, 0) is 46.4 Å². The Hall–Kier alpha value is -2.66. The van der Waals surface area contributed by atoms with Gasteiger partial charge in [0.05, 0.1) is 4.90 Å². The van der Waals surface area contributed by atoms with E-state index in [1.54, 1.807) is 24.3 Å². The molecular weight excluding hydrogens is 324 g/mol. The van der Waals surface area contributed by atoms with Crippen molar-refractivity contribution in [2.45, 2.75) is 11.3 Å². The van der Waals surface area contributed by atoms with Gasteiger partial charge < -0.3 is 5.11 Å². The number of hydrogen-bond acceptors (Lipinski definition) is 3. The molecule has 1 aliphatic rings. The Morgan fingerprint density at radius 2 is 1.62 bits per heavy atom. The molecule has 0 spiro atoms. The highest BCUT2D eigenvalue weighted by Gasteiger charge is 2.26. The quantitative estimate of drug-likeness (QED) is 0.866. The average Bonchev–Trinajstić information content (AvgIpc) is 2.51. The van der Waals surface area contributed by atoms with E-state index in [2.05, 4.69) is 0 Å². The summed E-state index contributed by atoms with van der Waals surface area (Å²) < 4.78 is 23.1. The molecule has 0 heterocycles. The number of rotatable bonds is 4. The zero-order chi connectivity index (χ0) is 17.3. The molecule has 0 bridgehead atoms. The third-order valence-electron chi connectivity index (χ3n) is 3.98. The van der Waals surface area contributed by atoms with Crippen LogP contribution in [0.25, 0.3) is 11.1 Å². The lowest BCUT2D eigenvalue weighted by Crippen LogP contribution is -2.09. The highest BCUT2D eigenvalue weighted by Crippen LogP contribution is 2.46. The largest absolute Gasteiger partial charge is 0.478 e. The van der Waals surface area contributed by atoms with E-state index < -0.39 is 15.8 Å². The van der Waals surface area contributed by atoms with Crippen LogP contribution >= 0.6 is 0 Å². The first-order valence-electron chi connectivity index (χ1n) is 7.39. The molecule has 0 aliphatic heterocycles. The Balaban J connectivity index is 2.09. The molecule has 0 unspecified atom stereocenters. The van der Waals surface area contributed by atoms with Crippen molar-refractivity contribution in [2.75, 3.05) is 6.26 Å². The van der Waals surface area contributed by atoms with Gasteiger partial charge in [-0.3, -0.25) is 0 Å². The number of carboxylic acid groups (broad SMARTS) is 1. The van der Waals surface area contributed by atoms with Crippen molar-refractivity contribution in [1.29, 1.82) is 0 Å². The Morgan fingerprint density at radius 1 is 1.00 bits per heavy atom. The summed E-state index contributed by atoms with van der Waals surface area (Å²) in [4.78, 5) is 11.3. The van der Waals surface area contributed by atoms with E-state index in [1.165, 1.54) is 12.3 Å². The van der Waals surface area contributed by atoms with Gasteiger partial charge in [0.25, 0.3) is 0 Å². The molecule has 2 aromatic carbocycles. The first kappa shape index (κ1) is 16.2. The van der Waals surface area contributed by atoms with E-state index in [4.69, 9.17) is 5.11 Å². The summed E-state index contributed by atoms with van der Waals surface area (Å²) in [5.41, 5.74) is 4.57. The van der Waals surface area contributed by atoms with Crippen molar-refractivity contribution in [2.24, 2.45) is 0 Å². The monoisotopic (exact) mass is 340 g/mol. The van der Waals surface area contributed by atoms with Crippen LogP contribution < -0.4 is 0 Å². The molecule has 0 saturated carbocycles. The van der Waals surface area contributed by atoms with Crippen LogP contribution in [0.1, 0.15) is 17.5 Å². The van der Waals surface area contributed by atoms with Crippen LogP contribution in [0.3, 0.4) is 0 Å². The van der Waals surface area contributed by atoms with Crippen molar-refractivity contribution < 1.29 is 18.3 Å². The molecule has 0 aromatic heterocycles. The van der Waals surface area contributed by atoms with Gasteiger partial charge in [0, 0.05) is 12.3 Å². The van der Waals surface area contributed by atoms with Gasteiger partial charge in [-0.2, -0.15) is 0 Å². The summed E-state index contributed by atoms with van der Waals surface area (Å²) in [6.07, 6.45) is 2.96. The van der Waals surface area contributed by atoms with Gasteiger partial charge in [-0.25, -0.2) is 13.2 Å². The van der Waals surface area contributed by atoms with E-state index >= 15 is 0 Å². The molecule has 0 atom stereocenters. The molecule has 1 aliphatic carbocycles. The fourth-order valence-corrected chi connectivity index (χ4v) is 3.47. The van der Waals surface area contributed by atoms with Crippen LogP contribution in [-0.4, -0.2) is 25.7 Å². The Bertz CT molecular complexity index is 950. The highest BCUT2D eigenvalue weighted by atomic mass is 32.2. The second kappa shape index (κ2) is 6.09. The summed E-state index contributed by atoms with van der Waals surface area (Å²) >= 11 is 0. The third kappa shape index (κ3) is 3.16. The summed E-state index contributed by atoms with van der Waals surface area (Å²) in [5, 5.41) is 9.03. The Morgan fingerprint density at radius 3 is 2.17 bits per heavy atom. The van der Waals surface area contributed by atoms with Crippen LogP contribution in [-0.2, 0) is 14.6 Å². The molecule has 5 heteroatoms. The van der Waals surface area contributed by atoms with Gasteiger partial charge in [0.1, 0.15) is 0 Å². The molecule has 2 aromatic rings. The van der Waals surface area contributed by atoms with E-state index in [1.807, 2.05) is 30.3 Å². The van der Waals surface area contributed by atoms with Crippen LogP contribution in [0, 0.1) is 0 Å².